The zero-order valence-corrected chi connectivity index (χ0v) is 31.2. The lowest BCUT2D eigenvalue weighted by atomic mass is 9.82. The van der Waals surface area contributed by atoms with Crippen molar-refractivity contribution in [3.05, 3.63) is 51.5 Å². The number of ketones is 1. The van der Waals surface area contributed by atoms with Gasteiger partial charge in [-0.3, -0.25) is 19.3 Å². The summed E-state index contributed by atoms with van der Waals surface area (Å²) in [7, 11) is 1.76. The van der Waals surface area contributed by atoms with Crippen LogP contribution in [0.25, 0.3) is 0 Å². The van der Waals surface area contributed by atoms with Crippen molar-refractivity contribution in [1.82, 2.24) is 25.4 Å². The molecule has 48 heavy (non-hydrogen) atoms. The Hall–Kier alpha value is -2.62. The second-order valence-corrected chi connectivity index (χ2v) is 15.1. The Kier molecular flexibility index (Phi) is 15.1. The lowest BCUT2D eigenvalue weighted by Crippen LogP contribution is -2.60. The number of nitrogens with zero attached hydrogens (tertiary/aromatic N) is 3. The van der Waals surface area contributed by atoms with E-state index in [1.807, 2.05) is 29.3 Å². The van der Waals surface area contributed by atoms with Crippen molar-refractivity contribution in [3.63, 3.8) is 0 Å². The summed E-state index contributed by atoms with van der Waals surface area (Å²) >= 11 is 1.47. The summed E-state index contributed by atoms with van der Waals surface area (Å²) in [6, 6.07) is 7.17. The molecule has 4 aliphatic rings. The highest BCUT2D eigenvalue weighted by Crippen LogP contribution is 2.40. The molecule has 2 saturated carbocycles. The minimum absolute atomic E-state index is 0. The lowest BCUT2D eigenvalue weighted by molar-refractivity contribution is -0.144. The third kappa shape index (κ3) is 9.97. The van der Waals surface area contributed by atoms with Crippen molar-refractivity contribution < 1.29 is 18.7 Å². The average Bonchev–Trinajstić information content (AvgIpc) is 3.67. The van der Waals surface area contributed by atoms with Crippen LogP contribution in [-0.2, 0) is 9.59 Å². The van der Waals surface area contributed by atoms with Gasteiger partial charge in [-0.05, 0) is 76.4 Å². The number of hydrogen-bond acceptors (Lipinski definition) is 7. The quantitative estimate of drug-likeness (QED) is 0.245. The first kappa shape index (κ1) is 38.2. The van der Waals surface area contributed by atoms with E-state index < -0.39 is 6.04 Å². The first-order valence-electron chi connectivity index (χ1n) is 18.9. The van der Waals surface area contributed by atoms with Gasteiger partial charge >= 0.3 is 0 Å². The Labute approximate surface area is 298 Å². The molecule has 2 N–H and O–H groups in total. The van der Waals surface area contributed by atoms with Gasteiger partial charge in [-0.15, -0.1) is 11.3 Å². The van der Waals surface area contributed by atoms with Crippen LogP contribution in [0.5, 0.6) is 0 Å². The number of fused-ring (bicyclic) bond motifs is 1. The summed E-state index contributed by atoms with van der Waals surface area (Å²) < 4.78 is 0. The number of hydrogen-bond donors (Lipinski definition) is 2. The fourth-order valence-electron chi connectivity index (χ4n) is 6.93. The molecule has 2 aromatic rings. The van der Waals surface area contributed by atoms with Crippen LogP contribution in [-0.4, -0.2) is 77.2 Å². The number of thiazole rings is 1. The third-order valence-electron chi connectivity index (χ3n) is 10.2. The molecule has 2 aliphatic carbocycles. The maximum atomic E-state index is 14.5. The number of likely N-dealkylation sites (N-methyl/N-ethyl adjacent to an activating group) is 1. The zero-order chi connectivity index (χ0) is 34.6. The van der Waals surface area contributed by atoms with Gasteiger partial charge in [0.2, 0.25) is 17.6 Å². The van der Waals surface area contributed by atoms with Gasteiger partial charge in [-0.1, -0.05) is 90.5 Å². The highest BCUT2D eigenvalue weighted by molar-refractivity contribution is 7.10. The van der Waals surface area contributed by atoms with E-state index in [0.29, 0.717) is 36.3 Å². The number of rotatable bonds is 10. The minimum atomic E-state index is -0.542. The van der Waals surface area contributed by atoms with Crippen molar-refractivity contribution in [3.8, 4) is 0 Å². The summed E-state index contributed by atoms with van der Waals surface area (Å²) in [4.78, 5) is 50.2. The standard InChI is InChI=1S/C32H43N5O3S.C4H10.C3H8.3H2/c1-20(33-2)30(39)35-28(23-7-4-3-5-8-23)32(40)37-17-25-9-6-16-36(25)18-27(37)31-34-26(19-41-31)29(38)24-14-12-22(13-15-24)21-10-11-21;1-3-4-2;1-3-2;;;/h12-15,19-21,23,25,27-28,33H,3-11,16-18H2,1-2H3,(H,35,39);3-4H2,1-2H3;3H2,1-2H3;3*1H/t20-,25-,27-,28-;;;;;/m0...../s1. The van der Waals surface area contributed by atoms with E-state index >= 15 is 0 Å². The Bertz CT molecular complexity index is 1320. The topological polar surface area (TPSA) is 94.6 Å². The molecular formula is C39H67N5O3S. The fraction of sp³-hybridized carbons (Fsp3) is 0.692. The van der Waals surface area contributed by atoms with Crippen LogP contribution in [0.1, 0.15) is 155 Å². The summed E-state index contributed by atoms with van der Waals surface area (Å²) in [6.45, 7) is 12.8. The highest BCUT2D eigenvalue weighted by Gasteiger charge is 2.44. The molecule has 0 bridgehead atoms. The molecule has 2 amide bonds. The molecular weight excluding hydrogens is 619 g/mol. The molecule has 9 heteroatoms. The van der Waals surface area contributed by atoms with Crippen LogP contribution in [0.2, 0.25) is 0 Å². The Morgan fingerprint density at radius 3 is 2.21 bits per heavy atom. The first-order chi connectivity index (χ1) is 23.3. The lowest BCUT2D eigenvalue weighted by Gasteiger charge is -2.45. The third-order valence-corrected chi connectivity index (χ3v) is 11.2. The van der Waals surface area contributed by atoms with Crippen molar-refractivity contribution in [2.75, 3.05) is 26.7 Å². The Morgan fingerprint density at radius 2 is 1.60 bits per heavy atom. The molecule has 2 aliphatic heterocycles. The molecule has 0 unspecified atom stereocenters. The molecule has 0 radical (unpaired) electrons. The average molecular weight is 686 g/mol. The van der Waals surface area contributed by atoms with E-state index in [9.17, 15) is 14.4 Å². The van der Waals surface area contributed by atoms with E-state index in [0.717, 1.165) is 50.1 Å². The number of piperazine rings is 1. The fourth-order valence-corrected chi connectivity index (χ4v) is 7.83. The normalized spacial score (nSPS) is 22.3. The van der Waals surface area contributed by atoms with Crippen molar-refractivity contribution in [1.29, 1.82) is 0 Å². The molecule has 272 valence electrons. The highest BCUT2D eigenvalue weighted by atomic mass is 32.1. The number of amides is 2. The summed E-state index contributed by atoms with van der Waals surface area (Å²) in [5.41, 5.74) is 2.40. The molecule has 0 spiro atoms. The van der Waals surface area contributed by atoms with Gasteiger partial charge in [0.15, 0.2) is 0 Å². The smallest absolute Gasteiger partial charge is 0.246 e. The molecule has 4 fully saturated rings. The zero-order valence-electron chi connectivity index (χ0n) is 30.4. The van der Waals surface area contributed by atoms with Gasteiger partial charge < -0.3 is 15.5 Å². The number of benzene rings is 1. The molecule has 8 nitrogen and oxygen atoms in total. The molecule has 1 aromatic heterocycles. The SMILES string of the molecule is CCC.CCCC.CN[C@@H](C)C(=O)N[C@H](C(=O)N1C[C@@H]2CCCN2C[C@H]1c1nc(C(=O)c2ccc(C3CC3)cc2)cs1)C1CCCCC1.[HH].[HH].[HH]. The maximum absolute atomic E-state index is 14.5. The summed E-state index contributed by atoms with van der Waals surface area (Å²) in [6.07, 6.45) is 13.8. The van der Waals surface area contributed by atoms with Crippen LogP contribution in [0, 0.1) is 5.92 Å². The Balaban J connectivity index is 0.00000120. The molecule has 3 heterocycles. The number of carbonyl (C=O) groups excluding carboxylic acids is 3. The molecule has 6 rings (SSSR count). The number of carbonyl (C=O) groups is 3. The largest absolute Gasteiger partial charge is 0.343 e. The van der Waals surface area contributed by atoms with Gasteiger partial charge in [0, 0.05) is 34.4 Å². The number of unbranched alkanes of at least 4 members (excludes halogenated alkanes) is 1. The number of aromatic nitrogens is 1. The first-order valence-corrected chi connectivity index (χ1v) is 19.8. The Morgan fingerprint density at radius 1 is 0.938 bits per heavy atom. The summed E-state index contributed by atoms with van der Waals surface area (Å²) in [5.74, 6) is 0.582. The van der Waals surface area contributed by atoms with Crippen LogP contribution >= 0.6 is 11.3 Å². The number of nitrogens with one attached hydrogen (secondary N) is 2. The second kappa shape index (κ2) is 19.0. The molecule has 2 saturated heterocycles. The van der Waals surface area contributed by atoms with Gasteiger partial charge in [0.25, 0.3) is 0 Å². The van der Waals surface area contributed by atoms with Crippen LogP contribution in [0.15, 0.2) is 29.6 Å². The molecule has 1 aromatic carbocycles. The monoisotopic (exact) mass is 685 g/mol. The van der Waals surface area contributed by atoms with Crippen molar-refractivity contribution >= 4 is 28.9 Å². The van der Waals surface area contributed by atoms with E-state index in [-0.39, 0.29) is 39.9 Å². The van der Waals surface area contributed by atoms with Crippen molar-refractivity contribution in [2.24, 2.45) is 5.92 Å². The van der Waals surface area contributed by atoms with E-state index in [1.54, 1.807) is 7.05 Å². The maximum Gasteiger partial charge on any atom is 0.246 e. The van der Waals surface area contributed by atoms with Gasteiger partial charge in [-0.25, -0.2) is 4.98 Å². The van der Waals surface area contributed by atoms with Gasteiger partial charge in [-0.2, -0.15) is 0 Å². The van der Waals surface area contributed by atoms with Crippen LogP contribution in [0.4, 0.5) is 0 Å². The van der Waals surface area contributed by atoms with E-state index in [2.05, 4.69) is 55.4 Å². The van der Waals surface area contributed by atoms with E-state index in [4.69, 9.17) is 4.98 Å². The van der Waals surface area contributed by atoms with Crippen LogP contribution < -0.4 is 10.6 Å². The predicted octanol–water partition coefficient (Wildman–Crippen LogP) is 8.23. The molecule has 4 atom stereocenters. The summed E-state index contributed by atoms with van der Waals surface area (Å²) in [5, 5.41) is 8.81. The minimum Gasteiger partial charge on any atom is -0.343 e. The van der Waals surface area contributed by atoms with E-state index in [1.165, 1.54) is 55.4 Å². The van der Waals surface area contributed by atoms with Crippen LogP contribution in [0.3, 0.4) is 0 Å². The van der Waals surface area contributed by atoms with Gasteiger partial charge in [0.05, 0.1) is 12.1 Å². The predicted molar refractivity (Wildman–Crippen MR) is 203 cm³/mol. The van der Waals surface area contributed by atoms with Gasteiger partial charge in [0.1, 0.15) is 16.7 Å². The second-order valence-electron chi connectivity index (χ2n) is 14.2. The van der Waals surface area contributed by atoms with Crippen molar-refractivity contribution in [2.45, 2.75) is 142 Å².